The summed E-state index contributed by atoms with van der Waals surface area (Å²) in [5, 5.41) is 3.01. The van der Waals surface area contributed by atoms with Crippen molar-refractivity contribution in [3.8, 4) is 22.2 Å². The lowest BCUT2D eigenvalue weighted by Crippen LogP contribution is -2.49. The summed E-state index contributed by atoms with van der Waals surface area (Å²) in [7, 11) is -2.25. The molecule has 1 N–H and O–H groups in total. The van der Waals surface area contributed by atoms with Gasteiger partial charge in [0.2, 0.25) is 21.8 Å². The van der Waals surface area contributed by atoms with Crippen molar-refractivity contribution in [1.82, 2.24) is 19.6 Å². The molecule has 1 aliphatic heterocycles. The van der Waals surface area contributed by atoms with E-state index in [2.05, 4.69) is 25.1 Å². The zero-order valence-corrected chi connectivity index (χ0v) is 35.6. The molecule has 12 nitrogen and oxygen atoms in total. The van der Waals surface area contributed by atoms with Crippen molar-refractivity contribution in [2.45, 2.75) is 109 Å². The third-order valence-electron chi connectivity index (χ3n) is 11.5. The molecule has 6 atom stereocenters. The van der Waals surface area contributed by atoms with E-state index in [4.69, 9.17) is 35.8 Å². The van der Waals surface area contributed by atoms with E-state index in [1.165, 1.54) is 11.3 Å². The number of hydrogen-bond acceptors (Lipinski definition) is 11. The van der Waals surface area contributed by atoms with Gasteiger partial charge in [-0.3, -0.25) is 19.1 Å². The highest BCUT2D eigenvalue weighted by Gasteiger charge is 2.62. The largest absolute Gasteiger partial charge is 0.490 e. The molecule has 1 aromatic carbocycles. The van der Waals surface area contributed by atoms with Crippen molar-refractivity contribution in [3.05, 3.63) is 47.0 Å². The Balaban J connectivity index is 1.36. The van der Waals surface area contributed by atoms with Crippen LogP contribution >= 0.6 is 22.9 Å². The van der Waals surface area contributed by atoms with E-state index in [9.17, 15) is 22.8 Å². The monoisotopic (exact) mass is 828 g/mol. The average Bonchev–Trinajstić information content (AvgIpc) is 4.05. The number of methoxy groups -OCH3 is 1. The predicted octanol–water partition coefficient (Wildman–Crippen LogP) is 7.34. The Morgan fingerprint density at radius 1 is 1.14 bits per heavy atom. The highest BCUT2D eigenvalue weighted by atomic mass is 35.5. The molecule has 0 bridgehead atoms. The summed E-state index contributed by atoms with van der Waals surface area (Å²) in [5.74, 6) is -0.763. The smallest absolute Gasteiger partial charge is 0.240 e. The molecule has 304 valence electrons. The van der Waals surface area contributed by atoms with E-state index in [-0.39, 0.29) is 54.8 Å². The van der Waals surface area contributed by atoms with Crippen LogP contribution in [0.2, 0.25) is 5.02 Å². The molecule has 3 heterocycles. The van der Waals surface area contributed by atoms with E-state index in [1.54, 1.807) is 24.2 Å². The van der Waals surface area contributed by atoms with Crippen molar-refractivity contribution in [2.75, 3.05) is 20.3 Å². The second-order valence-electron chi connectivity index (χ2n) is 16.0. The van der Waals surface area contributed by atoms with Gasteiger partial charge in [-0.05, 0) is 62.5 Å². The third kappa shape index (κ3) is 8.35. The molecule has 2 saturated carbocycles. The molecule has 2 amide bonds. The van der Waals surface area contributed by atoms with Gasteiger partial charge in [0.05, 0.1) is 40.6 Å². The first-order chi connectivity index (χ1) is 26.6. The molecule has 0 spiro atoms. The van der Waals surface area contributed by atoms with Crippen LogP contribution < -0.4 is 14.2 Å². The fourth-order valence-electron chi connectivity index (χ4n) is 7.81. The van der Waals surface area contributed by atoms with Crippen LogP contribution in [0.4, 0.5) is 0 Å². The van der Waals surface area contributed by atoms with E-state index in [0.717, 1.165) is 5.69 Å². The number of Topliss-reactive ketones (excluding diaryl/α,β-unsaturated/α-hetero) is 1. The number of ether oxygens (including phenoxy) is 3. The highest BCUT2D eigenvalue weighted by molar-refractivity contribution is 7.90. The minimum absolute atomic E-state index is 0.0110. The van der Waals surface area contributed by atoms with Crippen LogP contribution in [0, 0.1) is 23.2 Å². The molecule has 2 aromatic heterocycles. The summed E-state index contributed by atoms with van der Waals surface area (Å²) >= 11 is 8.43. The number of aromatic nitrogens is 2. The summed E-state index contributed by atoms with van der Waals surface area (Å²) in [5.41, 5.74) is 0.679. The molecule has 0 unspecified atom stereocenters. The molecule has 15 heteroatoms. The molecule has 6 rings (SSSR count). The lowest BCUT2D eigenvalue weighted by molar-refractivity contribution is -0.145. The summed E-state index contributed by atoms with van der Waals surface area (Å²) in [6.45, 7) is 16.5. The van der Waals surface area contributed by atoms with Crippen LogP contribution in [0.5, 0.6) is 11.5 Å². The zero-order valence-electron chi connectivity index (χ0n) is 33.2. The number of carbonyl (C=O) groups excluding carboxylic acids is 3. The topological polar surface area (TPSA) is 154 Å². The van der Waals surface area contributed by atoms with Gasteiger partial charge in [-0.15, -0.1) is 17.9 Å². The Morgan fingerprint density at radius 2 is 1.88 bits per heavy atom. The first-order valence-corrected chi connectivity index (χ1v) is 22.3. The van der Waals surface area contributed by atoms with Gasteiger partial charge in [0, 0.05) is 42.7 Å². The van der Waals surface area contributed by atoms with E-state index in [0.29, 0.717) is 70.4 Å². The molecule has 3 aromatic rings. The number of carbonyl (C=O) groups is 3. The van der Waals surface area contributed by atoms with Crippen molar-refractivity contribution < 1.29 is 37.0 Å². The fraction of sp³-hybridized carbons (Fsp3) is 0.585. The predicted molar refractivity (Wildman–Crippen MR) is 218 cm³/mol. The second kappa shape index (κ2) is 16.7. The number of likely N-dealkylation sites (tertiary alicyclic amines) is 1. The van der Waals surface area contributed by atoms with Crippen molar-refractivity contribution in [3.63, 3.8) is 0 Å². The normalized spacial score (nSPS) is 24.1. The molecule has 3 fully saturated rings. The second-order valence-corrected chi connectivity index (χ2v) is 19.2. The van der Waals surface area contributed by atoms with Crippen LogP contribution in [-0.2, 0) is 29.1 Å². The van der Waals surface area contributed by atoms with Gasteiger partial charge in [-0.25, -0.2) is 18.4 Å². The standard InChI is InChI=1S/C41H53ClN4O8S2/c1-9-25-19-41(25,40(49)45-56(50,51)26-11-12-26)20-32(47)31-18-34(24(7)46(31)39(48)27(10-2)22(3)4)54-35-17-29(38-44-30(21-55-38)23(5)6)43-37-28(35)13-14-33(36(37)42)53-16-15-52-8/h9,13-14,17,21-27,31,34H,1,10-12,15-16,18-20H2,2-8H3,(H,45,49)/t24-,25-,27-,31+,34-,41-/m1/s1. The van der Waals surface area contributed by atoms with Gasteiger partial charge in [0.15, 0.2) is 5.78 Å². The maximum atomic E-state index is 14.5. The summed E-state index contributed by atoms with van der Waals surface area (Å²) in [6.07, 6.45) is 2.78. The minimum Gasteiger partial charge on any atom is -0.490 e. The third-order valence-corrected chi connectivity index (χ3v) is 14.6. The van der Waals surface area contributed by atoms with E-state index >= 15 is 0 Å². The highest BCUT2D eigenvalue weighted by Crippen LogP contribution is 2.57. The lowest BCUT2D eigenvalue weighted by atomic mass is 9.89. The number of thiazole rings is 1. The Hall–Kier alpha value is -3.59. The lowest BCUT2D eigenvalue weighted by Gasteiger charge is -2.33. The van der Waals surface area contributed by atoms with Gasteiger partial charge in [-0.2, -0.15) is 0 Å². The summed E-state index contributed by atoms with van der Waals surface area (Å²) in [4.78, 5) is 54.0. The molecule has 0 radical (unpaired) electrons. The van der Waals surface area contributed by atoms with Gasteiger partial charge in [0.1, 0.15) is 39.9 Å². The van der Waals surface area contributed by atoms with E-state index in [1.807, 2.05) is 45.2 Å². The van der Waals surface area contributed by atoms with Gasteiger partial charge in [-0.1, -0.05) is 52.3 Å². The van der Waals surface area contributed by atoms with Crippen LogP contribution in [0.1, 0.15) is 91.7 Å². The summed E-state index contributed by atoms with van der Waals surface area (Å²) in [6, 6.07) is 3.96. The number of nitrogens with one attached hydrogen (secondary N) is 1. The van der Waals surface area contributed by atoms with Crippen LogP contribution in [0.25, 0.3) is 21.6 Å². The number of benzene rings is 1. The maximum absolute atomic E-state index is 14.5. The number of allylic oxidation sites excluding steroid dienone is 1. The Kier molecular flexibility index (Phi) is 12.5. The average molecular weight is 829 g/mol. The maximum Gasteiger partial charge on any atom is 0.240 e. The zero-order chi connectivity index (χ0) is 40.7. The van der Waals surface area contributed by atoms with Gasteiger partial charge < -0.3 is 19.1 Å². The Bertz CT molecular complexity index is 2100. The fourth-order valence-corrected chi connectivity index (χ4v) is 10.4. The number of sulfonamides is 1. The van der Waals surface area contributed by atoms with Crippen LogP contribution in [0.15, 0.2) is 36.2 Å². The number of nitrogens with zero attached hydrogens (tertiary/aromatic N) is 3. The molecule has 56 heavy (non-hydrogen) atoms. The van der Waals surface area contributed by atoms with Crippen molar-refractivity contribution in [1.29, 1.82) is 0 Å². The van der Waals surface area contributed by atoms with Gasteiger partial charge >= 0.3 is 0 Å². The Labute approximate surface area is 338 Å². The number of fused-ring (bicyclic) bond motifs is 1. The number of amides is 2. The van der Waals surface area contributed by atoms with E-state index < -0.39 is 44.8 Å². The first-order valence-electron chi connectivity index (χ1n) is 19.5. The quantitative estimate of drug-likeness (QED) is 0.102. The molecule has 3 aliphatic rings. The number of pyridine rings is 1. The molecule has 1 saturated heterocycles. The number of ketones is 1. The minimum atomic E-state index is -3.83. The van der Waals surface area contributed by atoms with Gasteiger partial charge in [0.25, 0.3) is 0 Å². The number of hydrogen-bond donors (Lipinski definition) is 1. The SMILES string of the molecule is C=C[C@@H]1C[C@]1(CC(=O)[C@@H]1C[C@@H](Oc2cc(-c3nc(C(C)C)cs3)nc3c(Cl)c(OCCOC)ccc23)[C@@H](C)N1C(=O)[C@H](CC)C(C)C)C(=O)NS(=O)(=O)C1CC1. The first kappa shape index (κ1) is 42.0. The van der Waals surface area contributed by atoms with Crippen molar-refractivity contribution in [2.24, 2.45) is 23.2 Å². The molecular formula is C41H53ClN4O8S2. The van der Waals surface area contributed by atoms with Crippen LogP contribution in [0.3, 0.4) is 0 Å². The van der Waals surface area contributed by atoms with Crippen molar-refractivity contribution >= 4 is 61.5 Å². The summed E-state index contributed by atoms with van der Waals surface area (Å²) < 4.78 is 45.8. The molecular weight excluding hydrogens is 776 g/mol. The Morgan fingerprint density at radius 3 is 2.46 bits per heavy atom. The van der Waals surface area contributed by atoms with Crippen LogP contribution in [-0.4, -0.2) is 84.6 Å². The number of rotatable bonds is 18. The number of halogens is 1. The molecule has 2 aliphatic carbocycles.